The summed E-state index contributed by atoms with van der Waals surface area (Å²) in [6.07, 6.45) is 0.00690. The molecule has 1 aliphatic carbocycles. The first kappa shape index (κ1) is 40.0. The van der Waals surface area contributed by atoms with E-state index >= 15 is 0 Å². The van der Waals surface area contributed by atoms with E-state index < -0.39 is 54.4 Å². The smallest absolute Gasteiger partial charge is 0.405 e. The molecule has 4 N–H and O–H groups in total. The second-order valence-electron chi connectivity index (χ2n) is 15.2. The number of halogens is 3. The van der Waals surface area contributed by atoms with Crippen molar-refractivity contribution in [1.29, 1.82) is 0 Å². The van der Waals surface area contributed by atoms with Gasteiger partial charge in [0.05, 0.1) is 30.0 Å². The van der Waals surface area contributed by atoms with Gasteiger partial charge in [0.2, 0.25) is 17.7 Å². The maximum Gasteiger partial charge on any atom is 0.405 e. The number of piperazine rings is 1. The van der Waals surface area contributed by atoms with Crippen molar-refractivity contribution in [3.8, 4) is 11.3 Å². The van der Waals surface area contributed by atoms with Gasteiger partial charge in [-0.25, -0.2) is 4.98 Å². The molecule has 3 heterocycles. The summed E-state index contributed by atoms with van der Waals surface area (Å²) in [6, 6.07) is 17.3. The number of carbonyl (C=O) groups excluding carboxylic acids is 2. The van der Waals surface area contributed by atoms with Crippen molar-refractivity contribution in [2.45, 2.75) is 82.5 Å². The van der Waals surface area contributed by atoms with E-state index in [2.05, 4.69) is 15.3 Å². The highest BCUT2D eigenvalue weighted by Gasteiger charge is 2.43. The molecule has 0 bridgehead atoms. The first-order valence-corrected chi connectivity index (χ1v) is 18.7. The molecule has 2 aromatic carbocycles. The summed E-state index contributed by atoms with van der Waals surface area (Å²) in [4.78, 5) is 39.9. The Kier molecular flexibility index (Phi) is 12.4. The third kappa shape index (κ3) is 9.98. The number of pyridine rings is 1. The van der Waals surface area contributed by atoms with E-state index in [-0.39, 0.29) is 32.0 Å². The number of rotatable bonds is 13. The van der Waals surface area contributed by atoms with E-state index in [0.717, 1.165) is 27.8 Å². The summed E-state index contributed by atoms with van der Waals surface area (Å²) < 4.78 is 45.9. The van der Waals surface area contributed by atoms with Crippen LogP contribution in [0.5, 0.6) is 0 Å². The minimum atomic E-state index is -4.61. The molecule has 11 nitrogen and oxygen atoms in total. The summed E-state index contributed by atoms with van der Waals surface area (Å²) >= 11 is 0. The molecule has 1 aliphatic heterocycles. The third-order valence-corrected chi connectivity index (χ3v) is 10.7. The van der Waals surface area contributed by atoms with E-state index in [1.165, 1.54) is 0 Å². The number of oxazole rings is 1. The molecular weight excluding hydrogens is 713 g/mol. The van der Waals surface area contributed by atoms with Crippen molar-refractivity contribution >= 4 is 11.8 Å². The Hall–Kier alpha value is -4.63. The van der Waals surface area contributed by atoms with Gasteiger partial charge in [-0.05, 0) is 74.8 Å². The number of benzene rings is 2. The monoisotopic (exact) mass is 762 g/mol. The Morgan fingerprint density at radius 1 is 1.04 bits per heavy atom. The summed E-state index contributed by atoms with van der Waals surface area (Å²) in [6.45, 7) is 4.76. The topological polar surface area (TPSA) is 144 Å². The molecule has 6 rings (SSSR count). The first-order chi connectivity index (χ1) is 26.2. The number of alkyl halides is 3. The number of nitrogens with zero attached hydrogens (tertiary/aromatic N) is 4. The van der Waals surface area contributed by atoms with Crippen LogP contribution in [0.4, 0.5) is 13.2 Å². The average molecular weight is 763 g/mol. The van der Waals surface area contributed by atoms with Crippen LogP contribution in [0.3, 0.4) is 0 Å². The highest BCUT2D eigenvalue weighted by atomic mass is 19.4. The molecule has 1 saturated heterocycles. The number of carbonyl (C=O) groups is 2. The van der Waals surface area contributed by atoms with Gasteiger partial charge >= 0.3 is 6.18 Å². The van der Waals surface area contributed by atoms with E-state index in [1.54, 1.807) is 23.5 Å². The van der Waals surface area contributed by atoms with Gasteiger partial charge < -0.3 is 25.3 Å². The van der Waals surface area contributed by atoms with Gasteiger partial charge in [0, 0.05) is 50.1 Å². The molecule has 55 heavy (non-hydrogen) atoms. The Balaban J connectivity index is 1.19. The van der Waals surface area contributed by atoms with Crippen molar-refractivity contribution < 1.29 is 37.4 Å². The maximum absolute atomic E-state index is 14.0. The Labute approximate surface area is 319 Å². The second-order valence-corrected chi connectivity index (χ2v) is 15.2. The van der Waals surface area contributed by atoms with Crippen LogP contribution in [-0.4, -0.2) is 98.9 Å². The number of β-amino-alcohol motifs (C(OH)–C–C–N with tert-alkyl or cyclic N) is 1. The van der Waals surface area contributed by atoms with Crippen LogP contribution in [0.2, 0.25) is 0 Å². The number of fused-ring (bicyclic) bond motifs is 1. The minimum Gasteiger partial charge on any atom is -0.439 e. The van der Waals surface area contributed by atoms with E-state index in [9.17, 15) is 33.0 Å². The van der Waals surface area contributed by atoms with Crippen molar-refractivity contribution in [1.82, 2.24) is 30.4 Å². The Morgan fingerprint density at radius 3 is 2.53 bits per heavy atom. The molecule has 0 unspecified atom stereocenters. The number of aliphatic hydroxyl groups excluding tert-OH is 2. The lowest BCUT2D eigenvalue weighted by molar-refractivity contribution is -0.144. The van der Waals surface area contributed by atoms with Gasteiger partial charge in [0.15, 0.2) is 5.76 Å². The maximum atomic E-state index is 14.0. The summed E-state index contributed by atoms with van der Waals surface area (Å²) in [5.74, 6) is -0.989. The lowest BCUT2D eigenvalue weighted by Crippen LogP contribution is -2.63. The minimum absolute atomic E-state index is 0.0146. The summed E-state index contributed by atoms with van der Waals surface area (Å²) in [7, 11) is 0. The zero-order valence-electron chi connectivity index (χ0n) is 31.3. The molecule has 294 valence electrons. The molecule has 0 saturated carbocycles. The number of hydrogen-bond acceptors (Lipinski definition) is 9. The van der Waals surface area contributed by atoms with Crippen LogP contribution in [0.15, 0.2) is 83.7 Å². The Morgan fingerprint density at radius 2 is 1.78 bits per heavy atom. The van der Waals surface area contributed by atoms with Gasteiger partial charge in [-0.15, -0.1) is 0 Å². The van der Waals surface area contributed by atoms with E-state index in [4.69, 9.17) is 4.42 Å². The number of amides is 2. The van der Waals surface area contributed by atoms with Gasteiger partial charge in [-0.3, -0.25) is 24.4 Å². The normalized spacial score (nSPS) is 20.7. The van der Waals surface area contributed by atoms with Crippen LogP contribution in [0.25, 0.3) is 11.3 Å². The number of hydrogen-bond donors (Lipinski definition) is 4. The summed E-state index contributed by atoms with van der Waals surface area (Å²) in [5.41, 5.74) is 3.63. The average Bonchev–Trinajstić information content (AvgIpc) is 3.67. The molecular formula is C41H49F3N6O5. The fraction of sp³-hybridized carbons (Fsp3) is 0.463. The SMILES string of the molecule is Cc1cncc(-c2cnc(C(C)(C)N3CCN(C[C@@H](O)C[C@@H](Cc4ccccc4)C(=O)N[C@H]4c5ccccc5CC[C@H]4O)[C@H](C(=O)NCC(F)(F)F)C3)o2)c1. The molecule has 1 fully saturated rings. The third-order valence-electron chi connectivity index (χ3n) is 10.7. The van der Waals surface area contributed by atoms with Crippen LogP contribution in [-0.2, 0) is 28.0 Å². The molecule has 0 radical (unpaired) electrons. The highest BCUT2D eigenvalue weighted by molar-refractivity contribution is 5.82. The van der Waals surface area contributed by atoms with Crippen LogP contribution in [0, 0.1) is 12.8 Å². The standard InChI is InChI=1S/C41H49F3N6O5/c1-26-17-30(21-45-20-26)35-22-46-39(55-35)40(2,3)50-16-15-49(33(24-50)38(54)47-25-41(42,43)44)23-31(51)19-29(18-27-9-5-4-6-10-27)37(53)48-36-32-12-8-7-11-28(32)13-14-34(36)52/h4-12,17,20-22,29,31,33-34,36,51-52H,13-16,18-19,23-25H2,1-3H3,(H,47,54)(H,48,53)/t29-,31+,33+,34-,36+/m1/s1. The van der Waals surface area contributed by atoms with E-state index in [1.807, 2.05) is 91.7 Å². The van der Waals surface area contributed by atoms with Crippen LogP contribution in [0.1, 0.15) is 60.9 Å². The second kappa shape index (κ2) is 17.0. The zero-order valence-corrected chi connectivity index (χ0v) is 31.3. The largest absolute Gasteiger partial charge is 0.439 e. The van der Waals surface area contributed by atoms with Gasteiger partial charge in [0.1, 0.15) is 12.6 Å². The van der Waals surface area contributed by atoms with Gasteiger partial charge in [-0.2, -0.15) is 13.2 Å². The lowest BCUT2D eigenvalue weighted by atomic mass is 9.84. The van der Waals surface area contributed by atoms with Crippen LogP contribution < -0.4 is 10.6 Å². The molecule has 2 aliphatic rings. The van der Waals surface area contributed by atoms with Crippen molar-refractivity contribution in [3.05, 3.63) is 107 Å². The highest BCUT2D eigenvalue weighted by Crippen LogP contribution is 2.34. The van der Waals surface area contributed by atoms with Crippen molar-refractivity contribution in [3.63, 3.8) is 0 Å². The van der Waals surface area contributed by atoms with Gasteiger partial charge in [-0.1, -0.05) is 54.6 Å². The molecule has 5 atom stereocenters. The fourth-order valence-electron chi connectivity index (χ4n) is 7.66. The van der Waals surface area contributed by atoms with Crippen molar-refractivity contribution in [2.24, 2.45) is 5.92 Å². The van der Waals surface area contributed by atoms with Crippen molar-refractivity contribution in [2.75, 3.05) is 32.7 Å². The quantitative estimate of drug-likeness (QED) is 0.152. The molecule has 4 aromatic rings. The molecule has 14 heteroatoms. The zero-order chi connectivity index (χ0) is 39.3. The number of aromatic nitrogens is 2. The molecule has 2 aromatic heterocycles. The lowest BCUT2D eigenvalue weighted by Gasteiger charge is -2.46. The summed E-state index contributed by atoms with van der Waals surface area (Å²) in [5, 5.41) is 27.6. The number of nitrogens with one attached hydrogen (secondary N) is 2. The van der Waals surface area contributed by atoms with Crippen LogP contribution >= 0.6 is 0 Å². The van der Waals surface area contributed by atoms with E-state index in [0.29, 0.717) is 37.5 Å². The number of aliphatic hydroxyl groups is 2. The molecule has 0 spiro atoms. The first-order valence-electron chi connectivity index (χ1n) is 18.7. The number of aryl methyl sites for hydroxylation is 2. The Bertz CT molecular complexity index is 1920. The molecule has 2 amide bonds. The predicted octanol–water partition coefficient (Wildman–Crippen LogP) is 4.72. The fourth-order valence-corrected chi connectivity index (χ4v) is 7.66. The van der Waals surface area contributed by atoms with Gasteiger partial charge in [0.25, 0.3) is 0 Å². The predicted molar refractivity (Wildman–Crippen MR) is 199 cm³/mol.